The number of hydrogen-bond donors (Lipinski definition) is 1. The minimum Gasteiger partial charge on any atom is -0.481 e. The average Bonchev–Trinajstić information content (AvgIpc) is 2.81. The summed E-state index contributed by atoms with van der Waals surface area (Å²) >= 11 is 0. The summed E-state index contributed by atoms with van der Waals surface area (Å²) in [5, 5.41) is 18.1. The highest BCUT2D eigenvalue weighted by atomic mass is 16.4. The minimum absolute atomic E-state index is 0.0409. The minimum atomic E-state index is -0.775. The molecule has 3 nitrogen and oxygen atoms in total. The Morgan fingerprint density at radius 1 is 1.44 bits per heavy atom. The highest BCUT2D eigenvalue weighted by Gasteiger charge is 2.63. The number of aliphatic carboxylic acids is 1. The van der Waals surface area contributed by atoms with E-state index in [1.165, 1.54) is 0 Å². The van der Waals surface area contributed by atoms with Crippen LogP contribution in [0.3, 0.4) is 0 Å². The van der Waals surface area contributed by atoms with Gasteiger partial charge in [-0.05, 0) is 17.0 Å². The number of rotatable bonds is 2. The second-order valence-corrected chi connectivity index (χ2v) is 4.81. The first-order chi connectivity index (χ1) is 7.50. The van der Waals surface area contributed by atoms with Gasteiger partial charge >= 0.3 is 5.97 Å². The summed E-state index contributed by atoms with van der Waals surface area (Å²) < 4.78 is 0. The van der Waals surface area contributed by atoms with E-state index in [2.05, 4.69) is 6.07 Å². The predicted octanol–water partition coefficient (Wildman–Crippen LogP) is 2.38. The summed E-state index contributed by atoms with van der Waals surface area (Å²) in [6.07, 6.45) is 0. The zero-order valence-electron chi connectivity index (χ0n) is 9.27. The van der Waals surface area contributed by atoms with Crippen LogP contribution in [0.1, 0.15) is 30.9 Å². The van der Waals surface area contributed by atoms with Gasteiger partial charge < -0.3 is 5.11 Å². The predicted molar refractivity (Wildman–Crippen MR) is 58.8 cm³/mol. The van der Waals surface area contributed by atoms with E-state index in [9.17, 15) is 4.79 Å². The molecule has 1 N–H and O–H groups in total. The first kappa shape index (κ1) is 10.7. The highest BCUT2D eigenvalue weighted by molar-refractivity contribution is 5.78. The molecule has 2 unspecified atom stereocenters. The molecule has 1 fully saturated rings. The summed E-state index contributed by atoms with van der Waals surface area (Å²) in [5.74, 6) is -1.19. The Morgan fingerprint density at radius 2 is 2.06 bits per heavy atom. The van der Waals surface area contributed by atoms with E-state index in [-0.39, 0.29) is 17.3 Å². The largest absolute Gasteiger partial charge is 0.481 e. The molecule has 0 amide bonds. The van der Waals surface area contributed by atoms with E-state index in [1.807, 2.05) is 26.0 Å². The molecule has 82 valence electrons. The quantitative estimate of drug-likeness (QED) is 0.823. The third-order valence-electron chi connectivity index (χ3n) is 3.51. The van der Waals surface area contributed by atoms with Gasteiger partial charge in [0.25, 0.3) is 0 Å². The van der Waals surface area contributed by atoms with E-state index in [0.29, 0.717) is 5.56 Å². The first-order valence-corrected chi connectivity index (χ1v) is 5.22. The fraction of sp³-hybridized carbons (Fsp3) is 0.385. The normalized spacial score (nSPS) is 25.8. The fourth-order valence-corrected chi connectivity index (χ4v) is 2.55. The van der Waals surface area contributed by atoms with Gasteiger partial charge in [-0.15, -0.1) is 0 Å². The summed E-state index contributed by atoms with van der Waals surface area (Å²) in [5.41, 5.74) is 1.20. The van der Waals surface area contributed by atoms with E-state index >= 15 is 0 Å². The Morgan fingerprint density at radius 3 is 2.56 bits per heavy atom. The van der Waals surface area contributed by atoms with Gasteiger partial charge in [0.15, 0.2) is 0 Å². The second kappa shape index (κ2) is 3.34. The molecule has 0 radical (unpaired) electrons. The molecular weight excluding hydrogens is 202 g/mol. The van der Waals surface area contributed by atoms with Crippen LogP contribution in [-0.2, 0) is 4.79 Å². The van der Waals surface area contributed by atoms with Gasteiger partial charge in [-0.3, -0.25) is 4.79 Å². The molecule has 1 saturated carbocycles. The Bertz CT molecular complexity index is 485. The molecule has 1 aliphatic rings. The van der Waals surface area contributed by atoms with Gasteiger partial charge in [0, 0.05) is 5.92 Å². The van der Waals surface area contributed by atoms with Crippen LogP contribution in [0, 0.1) is 22.7 Å². The maximum absolute atomic E-state index is 11.1. The monoisotopic (exact) mass is 215 g/mol. The number of carboxylic acids is 1. The summed E-state index contributed by atoms with van der Waals surface area (Å²) in [7, 11) is 0. The number of carboxylic acid groups (broad SMARTS) is 1. The zero-order chi connectivity index (χ0) is 11.9. The van der Waals surface area contributed by atoms with Crippen LogP contribution in [-0.4, -0.2) is 11.1 Å². The average molecular weight is 215 g/mol. The van der Waals surface area contributed by atoms with Crippen molar-refractivity contribution < 1.29 is 9.90 Å². The third-order valence-corrected chi connectivity index (χ3v) is 3.51. The lowest BCUT2D eigenvalue weighted by molar-refractivity contribution is -0.139. The van der Waals surface area contributed by atoms with Gasteiger partial charge in [0.1, 0.15) is 0 Å². The Labute approximate surface area is 94.3 Å². The summed E-state index contributed by atoms with van der Waals surface area (Å²) in [4.78, 5) is 11.1. The van der Waals surface area contributed by atoms with Gasteiger partial charge in [0.05, 0.1) is 17.6 Å². The number of hydrogen-bond acceptors (Lipinski definition) is 2. The standard InChI is InChI=1S/C13H13NO2/c1-13(2)10(11(13)12(15)16)9-6-4-3-5-8(9)7-14/h3-6,10-11H,1-2H3,(H,15,16). The van der Waals surface area contributed by atoms with Crippen LogP contribution >= 0.6 is 0 Å². The molecule has 2 atom stereocenters. The summed E-state index contributed by atoms with van der Waals surface area (Å²) in [6, 6.07) is 9.36. The Balaban J connectivity index is 2.42. The van der Waals surface area contributed by atoms with Crippen molar-refractivity contribution in [1.29, 1.82) is 5.26 Å². The van der Waals surface area contributed by atoms with Gasteiger partial charge in [-0.1, -0.05) is 32.0 Å². The van der Waals surface area contributed by atoms with E-state index in [4.69, 9.17) is 10.4 Å². The van der Waals surface area contributed by atoms with E-state index in [1.54, 1.807) is 12.1 Å². The maximum Gasteiger partial charge on any atom is 0.307 e. The van der Waals surface area contributed by atoms with Crippen LogP contribution in [0.4, 0.5) is 0 Å². The zero-order valence-corrected chi connectivity index (χ0v) is 9.27. The Hall–Kier alpha value is -1.82. The van der Waals surface area contributed by atoms with Crippen molar-refractivity contribution in [2.45, 2.75) is 19.8 Å². The molecule has 3 heteroatoms. The molecule has 0 heterocycles. The van der Waals surface area contributed by atoms with Crippen molar-refractivity contribution in [3.63, 3.8) is 0 Å². The third kappa shape index (κ3) is 1.38. The first-order valence-electron chi connectivity index (χ1n) is 5.22. The number of benzene rings is 1. The topological polar surface area (TPSA) is 61.1 Å². The van der Waals surface area contributed by atoms with Gasteiger partial charge in [0.2, 0.25) is 0 Å². The smallest absolute Gasteiger partial charge is 0.307 e. The van der Waals surface area contributed by atoms with Crippen molar-refractivity contribution in [3.05, 3.63) is 35.4 Å². The summed E-state index contributed by atoms with van der Waals surface area (Å²) in [6.45, 7) is 3.87. The van der Waals surface area contributed by atoms with Crippen LogP contribution < -0.4 is 0 Å². The van der Waals surface area contributed by atoms with Gasteiger partial charge in [-0.25, -0.2) is 0 Å². The van der Waals surface area contributed by atoms with Crippen molar-refractivity contribution in [3.8, 4) is 6.07 Å². The molecule has 16 heavy (non-hydrogen) atoms. The van der Waals surface area contributed by atoms with Crippen LogP contribution in [0.15, 0.2) is 24.3 Å². The SMILES string of the molecule is CC1(C)C(C(=O)O)C1c1ccccc1C#N. The van der Waals surface area contributed by atoms with Gasteiger partial charge in [-0.2, -0.15) is 5.26 Å². The molecule has 0 bridgehead atoms. The van der Waals surface area contributed by atoms with Crippen LogP contribution in [0.2, 0.25) is 0 Å². The lowest BCUT2D eigenvalue weighted by atomic mass is 9.99. The van der Waals surface area contributed by atoms with Crippen molar-refractivity contribution in [2.75, 3.05) is 0 Å². The van der Waals surface area contributed by atoms with Crippen molar-refractivity contribution in [2.24, 2.45) is 11.3 Å². The molecular formula is C13H13NO2. The number of nitriles is 1. The molecule has 1 aromatic rings. The van der Waals surface area contributed by atoms with Crippen LogP contribution in [0.5, 0.6) is 0 Å². The lowest BCUT2D eigenvalue weighted by Crippen LogP contribution is -2.03. The number of carbonyl (C=O) groups is 1. The lowest BCUT2D eigenvalue weighted by Gasteiger charge is -2.04. The molecule has 0 aromatic heterocycles. The molecule has 2 rings (SSSR count). The maximum atomic E-state index is 11.1. The molecule has 1 aliphatic carbocycles. The molecule has 0 spiro atoms. The highest BCUT2D eigenvalue weighted by Crippen LogP contribution is 2.64. The Kier molecular flexibility index (Phi) is 2.23. The van der Waals surface area contributed by atoms with Crippen molar-refractivity contribution in [1.82, 2.24) is 0 Å². The van der Waals surface area contributed by atoms with Crippen molar-refractivity contribution >= 4 is 5.97 Å². The molecule has 0 saturated heterocycles. The van der Waals surface area contributed by atoms with Crippen LogP contribution in [0.25, 0.3) is 0 Å². The number of nitrogens with zero attached hydrogens (tertiary/aromatic N) is 1. The molecule has 1 aromatic carbocycles. The fourth-order valence-electron chi connectivity index (χ4n) is 2.55. The molecule has 0 aliphatic heterocycles. The second-order valence-electron chi connectivity index (χ2n) is 4.81. The van der Waals surface area contributed by atoms with E-state index < -0.39 is 5.97 Å². The van der Waals surface area contributed by atoms with E-state index in [0.717, 1.165) is 5.56 Å².